The minimum atomic E-state index is 0.548. The second-order valence-electron chi connectivity index (χ2n) is 4.52. The number of hydrogen-bond donors (Lipinski definition) is 1. The molecule has 0 aliphatic rings. The molecule has 95 valence electrons. The molecule has 0 atom stereocenters. The van der Waals surface area contributed by atoms with Crippen LogP contribution < -0.4 is 5.73 Å². The van der Waals surface area contributed by atoms with E-state index in [-0.39, 0.29) is 0 Å². The molecule has 1 radical (unpaired) electrons. The number of unbranched alkanes of at least 4 members (excludes halogenated alkanes) is 1. The molecule has 0 aliphatic heterocycles. The van der Waals surface area contributed by atoms with Crippen LogP contribution in [0.15, 0.2) is 24.3 Å². The maximum atomic E-state index is 5.80. The molecule has 2 aromatic rings. The Morgan fingerprint density at radius 3 is 2.83 bits per heavy atom. The van der Waals surface area contributed by atoms with E-state index in [9.17, 15) is 0 Å². The van der Waals surface area contributed by atoms with Crippen molar-refractivity contribution in [3.8, 4) is 11.1 Å². The van der Waals surface area contributed by atoms with Crippen LogP contribution in [-0.4, -0.2) is 9.78 Å². The molecule has 3 heteroatoms. The van der Waals surface area contributed by atoms with E-state index in [4.69, 9.17) is 5.73 Å². The van der Waals surface area contributed by atoms with Crippen molar-refractivity contribution in [3.63, 3.8) is 0 Å². The highest BCUT2D eigenvalue weighted by Gasteiger charge is 2.12. The number of nitrogens with two attached hydrogens (primary N) is 1. The summed E-state index contributed by atoms with van der Waals surface area (Å²) < 4.78 is 1.77. The standard InChI is InChI=1S/C15H20N3/c1-3-4-9-15-14(11-18(2)17-15)13-8-6-5-7-12(13)10-16/h5-8H,3-4,9-10,16H2,1-2H3. The number of benzene rings is 1. The van der Waals surface area contributed by atoms with Crippen molar-refractivity contribution in [2.75, 3.05) is 0 Å². The molecular weight excluding hydrogens is 222 g/mol. The molecule has 0 spiro atoms. The van der Waals surface area contributed by atoms with Crippen LogP contribution in [0.1, 0.15) is 31.0 Å². The fraction of sp³-hybridized carbons (Fsp3) is 0.400. The molecule has 3 nitrogen and oxygen atoms in total. The monoisotopic (exact) mass is 242 g/mol. The predicted molar refractivity (Wildman–Crippen MR) is 74.0 cm³/mol. The van der Waals surface area contributed by atoms with Gasteiger partial charge in [-0.3, -0.25) is 4.68 Å². The van der Waals surface area contributed by atoms with E-state index in [0.717, 1.165) is 29.7 Å². The van der Waals surface area contributed by atoms with Crippen molar-refractivity contribution in [1.82, 2.24) is 9.78 Å². The summed E-state index contributed by atoms with van der Waals surface area (Å²) in [6.45, 7) is 2.74. The number of hydrogen-bond acceptors (Lipinski definition) is 2. The second-order valence-corrected chi connectivity index (χ2v) is 4.52. The fourth-order valence-electron chi connectivity index (χ4n) is 2.16. The average Bonchev–Trinajstić information content (AvgIpc) is 2.77. The van der Waals surface area contributed by atoms with Crippen LogP contribution in [0.4, 0.5) is 0 Å². The second kappa shape index (κ2) is 5.83. The number of nitrogens with zero attached hydrogens (tertiary/aromatic N) is 2. The Bertz CT molecular complexity index is 514. The maximum absolute atomic E-state index is 5.80. The summed E-state index contributed by atoms with van der Waals surface area (Å²) in [6, 6.07) is 8.23. The quantitative estimate of drug-likeness (QED) is 0.876. The van der Waals surface area contributed by atoms with Crippen molar-refractivity contribution < 1.29 is 0 Å². The highest BCUT2D eigenvalue weighted by atomic mass is 15.2. The summed E-state index contributed by atoms with van der Waals surface area (Å²) in [5, 5.41) is 4.52. The lowest BCUT2D eigenvalue weighted by molar-refractivity contribution is 0.710. The molecule has 1 aromatic carbocycles. The molecular formula is C15H20N3. The SMILES string of the molecule is CCCCc1nn(C)[c]c1-c1ccccc1CN. The number of aromatic nitrogens is 2. The van der Waals surface area contributed by atoms with Crippen molar-refractivity contribution in [2.45, 2.75) is 32.7 Å². The lowest BCUT2D eigenvalue weighted by atomic mass is 9.98. The molecule has 0 amide bonds. The Hall–Kier alpha value is -1.61. The molecule has 0 saturated heterocycles. The Labute approximate surface area is 109 Å². The van der Waals surface area contributed by atoms with Crippen LogP contribution in [0.5, 0.6) is 0 Å². The van der Waals surface area contributed by atoms with Gasteiger partial charge in [-0.1, -0.05) is 37.6 Å². The summed E-state index contributed by atoms with van der Waals surface area (Å²) in [5.41, 5.74) is 10.4. The lowest BCUT2D eigenvalue weighted by Crippen LogP contribution is -1.99. The van der Waals surface area contributed by atoms with E-state index < -0.39 is 0 Å². The van der Waals surface area contributed by atoms with Crippen molar-refractivity contribution in [1.29, 1.82) is 0 Å². The zero-order valence-corrected chi connectivity index (χ0v) is 11.1. The van der Waals surface area contributed by atoms with Gasteiger partial charge in [0.1, 0.15) is 0 Å². The molecule has 0 saturated carbocycles. The topological polar surface area (TPSA) is 43.8 Å². The zero-order chi connectivity index (χ0) is 13.0. The minimum Gasteiger partial charge on any atom is -0.326 e. The van der Waals surface area contributed by atoms with Gasteiger partial charge < -0.3 is 5.73 Å². The van der Waals surface area contributed by atoms with Crippen LogP contribution in [0, 0.1) is 6.20 Å². The van der Waals surface area contributed by atoms with Gasteiger partial charge in [-0.2, -0.15) is 5.10 Å². The molecule has 0 unspecified atom stereocenters. The van der Waals surface area contributed by atoms with E-state index >= 15 is 0 Å². The molecule has 1 heterocycles. The third kappa shape index (κ3) is 2.62. The first kappa shape index (κ1) is 12.8. The van der Waals surface area contributed by atoms with Gasteiger partial charge in [0.25, 0.3) is 0 Å². The van der Waals surface area contributed by atoms with Crippen LogP contribution in [-0.2, 0) is 20.0 Å². The molecule has 0 aliphatic carbocycles. The third-order valence-electron chi connectivity index (χ3n) is 3.11. The average molecular weight is 242 g/mol. The highest BCUT2D eigenvalue weighted by Crippen LogP contribution is 2.26. The van der Waals surface area contributed by atoms with E-state index in [1.807, 2.05) is 19.2 Å². The first-order valence-electron chi connectivity index (χ1n) is 6.49. The van der Waals surface area contributed by atoms with Gasteiger partial charge >= 0.3 is 0 Å². The fourth-order valence-corrected chi connectivity index (χ4v) is 2.16. The highest BCUT2D eigenvalue weighted by molar-refractivity contribution is 5.68. The molecule has 2 rings (SSSR count). The Balaban J connectivity index is 2.42. The van der Waals surface area contributed by atoms with Crippen LogP contribution in [0.2, 0.25) is 0 Å². The van der Waals surface area contributed by atoms with Crippen LogP contribution in [0.25, 0.3) is 11.1 Å². The summed E-state index contributed by atoms with van der Waals surface area (Å²) in [5.74, 6) is 0. The molecule has 18 heavy (non-hydrogen) atoms. The summed E-state index contributed by atoms with van der Waals surface area (Å²) in [6.07, 6.45) is 6.63. The Morgan fingerprint density at radius 1 is 1.33 bits per heavy atom. The van der Waals surface area contributed by atoms with Crippen molar-refractivity contribution in [3.05, 3.63) is 41.7 Å². The van der Waals surface area contributed by atoms with Gasteiger partial charge in [0.05, 0.1) is 11.9 Å². The zero-order valence-electron chi connectivity index (χ0n) is 11.1. The Kier molecular flexibility index (Phi) is 4.15. The van der Waals surface area contributed by atoms with Crippen molar-refractivity contribution >= 4 is 0 Å². The third-order valence-corrected chi connectivity index (χ3v) is 3.11. The lowest BCUT2D eigenvalue weighted by Gasteiger charge is -2.07. The Morgan fingerprint density at radius 2 is 2.11 bits per heavy atom. The minimum absolute atomic E-state index is 0.548. The molecule has 0 bridgehead atoms. The van der Waals surface area contributed by atoms with Crippen molar-refractivity contribution in [2.24, 2.45) is 12.8 Å². The largest absolute Gasteiger partial charge is 0.326 e. The summed E-state index contributed by atoms with van der Waals surface area (Å²) in [4.78, 5) is 0. The normalized spacial score (nSPS) is 10.8. The van der Waals surface area contributed by atoms with E-state index in [1.165, 1.54) is 12.0 Å². The van der Waals surface area contributed by atoms with Gasteiger partial charge in [-0.05, 0) is 24.0 Å². The van der Waals surface area contributed by atoms with Gasteiger partial charge in [0.2, 0.25) is 0 Å². The molecule has 2 N–H and O–H groups in total. The van der Waals surface area contributed by atoms with E-state index in [2.05, 4.69) is 30.4 Å². The molecule has 1 aromatic heterocycles. The first-order chi connectivity index (χ1) is 8.76. The van der Waals surface area contributed by atoms with Gasteiger partial charge in [0.15, 0.2) is 0 Å². The van der Waals surface area contributed by atoms with E-state index in [0.29, 0.717) is 6.54 Å². The first-order valence-corrected chi connectivity index (χ1v) is 6.49. The number of aryl methyl sites for hydroxylation is 2. The smallest absolute Gasteiger partial charge is 0.0947 e. The van der Waals surface area contributed by atoms with Gasteiger partial charge in [-0.25, -0.2) is 0 Å². The van der Waals surface area contributed by atoms with Crippen LogP contribution in [0.3, 0.4) is 0 Å². The summed E-state index contributed by atoms with van der Waals surface area (Å²) >= 11 is 0. The number of rotatable bonds is 5. The van der Waals surface area contributed by atoms with Gasteiger partial charge in [0, 0.05) is 19.2 Å². The maximum Gasteiger partial charge on any atom is 0.0947 e. The molecule has 0 fully saturated rings. The summed E-state index contributed by atoms with van der Waals surface area (Å²) in [7, 11) is 1.92. The van der Waals surface area contributed by atoms with Crippen LogP contribution >= 0.6 is 0 Å². The predicted octanol–water partition coefficient (Wildman–Crippen LogP) is 2.69. The van der Waals surface area contributed by atoms with E-state index in [1.54, 1.807) is 4.68 Å². The van der Waals surface area contributed by atoms with Gasteiger partial charge in [-0.15, -0.1) is 0 Å².